The molecule has 1 aliphatic heterocycles. The number of sulfonamides is 1. The van der Waals surface area contributed by atoms with Crippen LogP contribution < -0.4 is 10.5 Å². The Balaban J connectivity index is 2.01. The average molecular weight is 332 g/mol. The molecule has 0 spiro atoms. The Morgan fingerprint density at radius 1 is 1.62 bits per heavy atom. The van der Waals surface area contributed by atoms with Gasteiger partial charge in [0.25, 0.3) is 5.91 Å². The van der Waals surface area contributed by atoms with Gasteiger partial charge in [0.2, 0.25) is 10.0 Å². The second kappa shape index (κ2) is 6.82. The van der Waals surface area contributed by atoms with E-state index in [0.717, 1.165) is 24.1 Å². The van der Waals surface area contributed by atoms with Gasteiger partial charge in [-0.25, -0.2) is 18.1 Å². The molecular weight excluding hydrogens is 312 g/mol. The van der Waals surface area contributed by atoms with Crippen molar-refractivity contribution in [3.63, 3.8) is 0 Å². The fraction of sp³-hybridized carbons (Fsp3) is 0.667. The molecule has 1 aliphatic rings. The van der Waals surface area contributed by atoms with Gasteiger partial charge >= 0.3 is 0 Å². The van der Waals surface area contributed by atoms with E-state index in [1.165, 1.54) is 11.3 Å². The third kappa shape index (κ3) is 4.73. The van der Waals surface area contributed by atoms with Gasteiger partial charge in [-0.3, -0.25) is 4.79 Å². The van der Waals surface area contributed by atoms with Crippen LogP contribution in [0.4, 0.5) is 0 Å². The highest BCUT2D eigenvalue weighted by Crippen LogP contribution is 2.16. The van der Waals surface area contributed by atoms with Crippen molar-refractivity contribution in [1.29, 1.82) is 0 Å². The first kappa shape index (κ1) is 16.3. The molecule has 2 rings (SSSR count). The zero-order chi connectivity index (χ0) is 15.5. The quantitative estimate of drug-likeness (QED) is 0.777. The summed E-state index contributed by atoms with van der Waals surface area (Å²) in [5.74, 6) is -0.144. The van der Waals surface area contributed by atoms with Crippen LogP contribution in [0.1, 0.15) is 28.3 Å². The summed E-state index contributed by atoms with van der Waals surface area (Å²) in [6.45, 7) is 1.52. The number of rotatable bonds is 5. The molecule has 1 amide bonds. The Hall–Kier alpha value is -1.03. The van der Waals surface area contributed by atoms with Gasteiger partial charge in [0.05, 0.1) is 11.3 Å². The lowest BCUT2D eigenvalue weighted by atomic mass is 10.1. The molecule has 1 unspecified atom stereocenters. The van der Waals surface area contributed by atoms with Crippen LogP contribution in [0, 0.1) is 0 Å². The lowest BCUT2D eigenvalue weighted by molar-refractivity contribution is 0.0698. The van der Waals surface area contributed by atoms with Gasteiger partial charge in [-0.1, -0.05) is 0 Å². The molecule has 1 aromatic heterocycles. The first-order valence-electron chi connectivity index (χ1n) is 6.80. The number of hydrogen-bond acceptors (Lipinski definition) is 6. The Labute approximate surface area is 128 Å². The number of thiazole rings is 1. The second-order valence-electron chi connectivity index (χ2n) is 5.15. The third-order valence-electron chi connectivity index (χ3n) is 3.22. The number of nitrogens with two attached hydrogens (primary N) is 1. The summed E-state index contributed by atoms with van der Waals surface area (Å²) in [6, 6.07) is -0.222. The predicted octanol–water partition coefficient (Wildman–Crippen LogP) is -0.202. The predicted molar refractivity (Wildman–Crippen MR) is 81.8 cm³/mol. The van der Waals surface area contributed by atoms with E-state index >= 15 is 0 Å². The molecule has 1 fully saturated rings. The molecule has 0 aliphatic carbocycles. The van der Waals surface area contributed by atoms with Crippen molar-refractivity contribution in [3.8, 4) is 0 Å². The van der Waals surface area contributed by atoms with Crippen molar-refractivity contribution >= 4 is 27.3 Å². The number of hydrogen-bond donors (Lipinski definition) is 2. The number of nitrogens with one attached hydrogen (secondary N) is 1. The number of likely N-dealkylation sites (tertiary alicyclic amines) is 1. The molecule has 0 radical (unpaired) electrons. The highest BCUT2D eigenvalue weighted by atomic mass is 32.2. The smallest absolute Gasteiger partial charge is 0.273 e. The third-order valence-corrected chi connectivity index (χ3v) is 4.89. The van der Waals surface area contributed by atoms with Crippen LogP contribution in [0.2, 0.25) is 0 Å². The lowest BCUT2D eigenvalue weighted by Gasteiger charge is -2.32. The molecular formula is C12H20N4O3S2. The molecule has 0 saturated carbocycles. The molecule has 1 aromatic rings. The van der Waals surface area contributed by atoms with Crippen LogP contribution in [-0.2, 0) is 16.4 Å². The Kier molecular flexibility index (Phi) is 5.31. The zero-order valence-electron chi connectivity index (χ0n) is 11.9. The van der Waals surface area contributed by atoms with E-state index in [0.29, 0.717) is 31.7 Å². The minimum absolute atomic E-state index is 0.144. The first-order valence-corrected chi connectivity index (χ1v) is 9.57. The van der Waals surface area contributed by atoms with Crippen molar-refractivity contribution in [2.24, 2.45) is 5.73 Å². The fourth-order valence-corrected chi connectivity index (χ4v) is 3.96. The second-order valence-corrected chi connectivity index (χ2v) is 7.87. The number of nitrogens with zero attached hydrogens (tertiary/aromatic N) is 2. The summed E-state index contributed by atoms with van der Waals surface area (Å²) >= 11 is 1.43. The van der Waals surface area contributed by atoms with Gasteiger partial charge in [-0.15, -0.1) is 11.3 Å². The van der Waals surface area contributed by atoms with Crippen LogP contribution in [0.3, 0.4) is 0 Å². The maximum atomic E-state index is 12.4. The summed E-state index contributed by atoms with van der Waals surface area (Å²) in [4.78, 5) is 18.3. The molecule has 9 heteroatoms. The number of piperidine rings is 1. The van der Waals surface area contributed by atoms with Crippen molar-refractivity contribution in [3.05, 3.63) is 16.1 Å². The van der Waals surface area contributed by atoms with Crippen LogP contribution in [-0.4, -0.2) is 56.1 Å². The van der Waals surface area contributed by atoms with Gasteiger partial charge in [0, 0.05) is 30.9 Å². The van der Waals surface area contributed by atoms with Gasteiger partial charge in [-0.05, 0) is 19.4 Å². The number of carbonyl (C=O) groups is 1. The summed E-state index contributed by atoms with van der Waals surface area (Å²) in [5.41, 5.74) is 5.89. The largest absolute Gasteiger partial charge is 0.336 e. The van der Waals surface area contributed by atoms with E-state index in [4.69, 9.17) is 5.73 Å². The minimum Gasteiger partial charge on any atom is -0.336 e. The van der Waals surface area contributed by atoms with Crippen LogP contribution in [0.5, 0.6) is 0 Å². The normalized spacial score (nSPS) is 19.7. The monoisotopic (exact) mass is 332 g/mol. The van der Waals surface area contributed by atoms with Crippen LogP contribution >= 0.6 is 11.3 Å². The molecule has 7 nitrogen and oxygen atoms in total. The van der Waals surface area contributed by atoms with Crippen molar-refractivity contribution < 1.29 is 13.2 Å². The molecule has 3 N–H and O–H groups in total. The number of carbonyl (C=O) groups excluding carboxylic acids is 1. The van der Waals surface area contributed by atoms with Crippen LogP contribution in [0.25, 0.3) is 0 Å². The first-order chi connectivity index (χ1) is 9.89. The fourth-order valence-electron chi connectivity index (χ4n) is 2.37. The van der Waals surface area contributed by atoms with Crippen LogP contribution in [0.15, 0.2) is 5.38 Å². The van der Waals surface area contributed by atoms with Crippen molar-refractivity contribution in [2.45, 2.75) is 25.3 Å². The molecule has 118 valence electrons. The Morgan fingerprint density at radius 3 is 3.05 bits per heavy atom. The van der Waals surface area contributed by atoms with E-state index in [-0.39, 0.29) is 11.9 Å². The van der Waals surface area contributed by atoms with Gasteiger partial charge in [0.15, 0.2) is 0 Å². The van der Waals surface area contributed by atoms with Gasteiger partial charge < -0.3 is 10.6 Å². The van der Waals surface area contributed by atoms with Crippen molar-refractivity contribution in [1.82, 2.24) is 14.6 Å². The zero-order valence-corrected chi connectivity index (χ0v) is 13.5. The minimum atomic E-state index is -3.26. The topological polar surface area (TPSA) is 105 Å². The van der Waals surface area contributed by atoms with E-state index in [9.17, 15) is 13.2 Å². The molecule has 1 atom stereocenters. The molecule has 2 heterocycles. The van der Waals surface area contributed by atoms with Gasteiger partial charge in [0.1, 0.15) is 5.69 Å². The number of aromatic nitrogens is 1. The molecule has 21 heavy (non-hydrogen) atoms. The van der Waals surface area contributed by atoms with Crippen molar-refractivity contribution in [2.75, 3.05) is 25.9 Å². The Bertz CT molecular complexity index is 599. The number of amides is 1. The summed E-state index contributed by atoms with van der Waals surface area (Å²) in [5, 5.41) is 2.59. The lowest BCUT2D eigenvalue weighted by Crippen LogP contribution is -2.49. The summed E-state index contributed by atoms with van der Waals surface area (Å²) < 4.78 is 25.1. The molecule has 0 aromatic carbocycles. The maximum Gasteiger partial charge on any atom is 0.273 e. The summed E-state index contributed by atoms with van der Waals surface area (Å²) in [7, 11) is -3.26. The van der Waals surface area contributed by atoms with Gasteiger partial charge in [-0.2, -0.15) is 0 Å². The standard InChI is InChI=1S/C12H20N4O3S2/c1-21(18,19)15-9-3-2-6-16(7-9)12(17)10-8-20-11(14-10)4-5-13/h8-9,15H,2-7,13H2,1H3. The highest BCUT2D eigenvalue weighted by Gasteiger charge is 2.27. The average Bonchev–Trinajstić information content (AvgIpc) is 2.85. The van der Waals surface area contributed by atoms with E-state index in [1.807, 2.05) is 0 Å². The van der Waals surface area contributed by atoms with E-state index in [2.05, 4.69) is 9.71 Å². The highest BCUT2D eigenvalue weighted by molar-refractivity contribution is 7.88. The SMILES string of the molecule is CS(=O)(=O)NC1CCCN(C(=O)c2csc(CCN)n2)C1. The molecule has 1 saturated heterocycles. The Morgan fingerprint density at radius 2 is 2.38 bits per heavy atom. The summed E-state index contributed by atoms with van der Waals surface area (Å²) in [6.07, 6.45) is 3.31. The maximum absolute atomic E-state index is 12.4. The van der Waals surface area contributed by atoms with E-state index < -0.39 is 10.0 Å². The molecule has 0 bridgehead atoms. The van der Waals surface area contributed by atoms with E-state index in [1.54, 1.807) is 10.3 Å².